The smallest absolute Gasteiger partial charge is 0.128 e. The number of nitrogens with one attached hydrogen (secondary N) is 2. The molecule has 2 aliphatic heterocycles. The largest absolute Gasteiger partial charge is 0.497 e. The van der Waals surface area contributed by atoms with E-state index < -0.39 is 0 Å². The third-order valence-electron chi connectivity index (χ3n) is 4.65. The van der Waals surface area contributed by atoms with Crippen LogP contribution in [-0.4, -0.2) is 32.3 Å². The van der Waals surface area contributed by atoms with E-state index in [0.717, 1.165) is 56.8 Å². The average Bonchev–Trinajstić information content (AvgIpc) is 2.52. The molecule has 1 spiro atoms. The molecule has 0 bridgehead atoms. The zero-order valence-electron chi connectivity index (χ0n) is 13.1. The van der Waals surface area contributed by atoms with Gasteiger partial charge in [0, 0.05) is 24.1 Å². The quantitative estimate of drug-likeness (QED) is 0.894. The van der Waals surface area contributed by atoms with E-state index in [2.05, 4.69) is 23.6 Å². The van der Waals surface area contributed by atoms with Gasteiger partial charge in [-0.05, 0) is 45.0 Å². The second-order valence-electron chi connectivity index (χ2n) is 6.15. The minimum Gasteiger partial charge on any atom is -0.497 e. The lowest BCUT2D eigenvalue weighted by Gasteiger charge is -2.45. The van der Waals surface area contributed by atoms with Crippen molar-refractivity contribution in [3.05, 3.63) is 23.8 Å². The van der Waals surface area contributed by atoms with Gasteiger partial charge in [-0.25, -0.2) is 0 Å². The van der Waals surface area contributed by atoms with Gasteiger partial charge in [-0.15, -0.1) is 0 Å². The van der Waals surface area contributed by atoms with Crippen LogP contribution in [0.5, 0.6) is 11.5 Å². The van der Waals surface area contributed by atoms with Crippen LogP contribution in [0.3, 0.4) is 0 Å². The summed E-state index contributed by atoms with van der Waals surface area (Å²) in [5, 5.41) is 7.13. The Morgan fingerprint density at radius 1 is 1.38 bits per heavy atom. The van der Waals surface area contributed by atoms with Crippen molar-refractivity contribution in [2.45, 2.75) is 44.2 Å². The van der Waals surface area contributed by atoms with Gasteiger partial charge in [-0.2, -0.15) is 0 Å². The van der Waals surface area contributed by atoms with E-state index in [0.29, 0.717) is 6.04 Å². The van der Waals surface area contributed by atoms with Crippen LogP contribution in [-0.2, 0) is 0 Å². The molecule has 116 valence electrons. The Kier molecular flexibility index (Phi) is 4.36. The first-order valence-corrected chi connectivity index (χ1v) is 8.07. The summed E-state index contributed by atoms with van der Waals surface area (Å²) in [5.74, 6) is 1.87. The van der Waals surface area contributed by atoms with Crippen molar-refractivity contribution in [3.63, 3.8) is 0 Å². The fraction of sp³-hybridized carbons (Fsp3) is 0.647. The van der Waals surface area contributed by atoms with E-state index >= 15 is 0 Å². The summed E-state index contributed by atoms with van der Waals surface area (Å²) in [7, 11) is 1.71. The average molecular weight is 290 g/mol. The summed E-state index contributed by atoms with van der Waals surface area (Å²) >= 11 is 0. The van der Waals surface area contributed by atoms with Crippen molar-refractivity contribution in [2.24, 2.45) is 0 Å². The van der Waals surface area contributed by atoms with Gasteiger partial charge in [0.25, 0.3) is 0 Å². The summed E-state index contributed by atoms with van der Waals surface area (Å²) in [4.78, 5) is 0. The molecule has 21 heavy (non-hydrogen) atoms. The van der Waals surface area contributed by atoms with Crippen LogP contribution in [0.15, 0.2) is 18.2 Å². The fourth-order valence-corrected chi connectivity index (χ4v) is 3.46. The Bertz CT molecular complexity index is 484. The van der Waals surface area contributed by atoms with Crippen LogP contribution >= 0.6 is 0 Å². The molecule has 0 aromatic heterocycles. The van der Waals surface area contributed by atoms with Crippen molar-refractivity contribution in [2.75, 3.05) is 26.7 Å². The highest BCUT2D eigenvalue weighted by Crippen LogP contribution is 2.44. The molecule has 2 aliphatic rings. The first-order valence-electron chi connectivity index (χ1n) is 8.07. The van der Waals surface area contributed by atoms with Crippen LogP contribution < -0.4 is 20.1 Å². The molecule has 1 saturated heterocycles. The van der Waals surface area contributed by atoms with E-state index in [1.165, 1.54) is 5.56 Å². The summed E-state index contributed by atoms with van der Waals surface area (Å²) in [6.07, 6.45) is 4.37. The monoisotopic (exact) mass is 290 g/mol. The fourth-order valence-electron chi connectivity index (χ4n) is 3.46. The topological polar surface area (TPSA) is 42.5 Å². The lowest BCUT2D eigenvalue weighted by molar-refractivity contribution is 0.00304. The molecule has 1 aromatic carbocycles. The zero-order valence-corrected chi connectivity index (χ0v) is 13.1. The number of ether oxygens (including phenoxy) is 2. The minimum atomic E-state index is -0.0178. The van der Waals surface area contributed by atoms with Crippen LogP contribution in [0.4, 0.5) is 0 Å². The summed E-state index contributed by atoms with van der Waals surface area (Å²) in [6, 6.07) is 6.61. The number of piperidine rings is 1. The summed E-state index contributed by atoms with van der Waals surface area (Å²) < 4.78 is 11.8. The van der Waals surface area contributed by atoms with Gasteiger partial charge in [0.2, 0.25) is 0 Å². The van der Waals surface area contributed by atoms with E-state index in [4.69, 9.17) is 9.47 Å². The molecule has 4 nitrogen and oxygen atoms in total. The third kappa shape index (κ3) is 3.01. The maximum Gasteiger partial charge on any atom is 0.128 e. The molecular weight excluding hydrogens is 264 g/mol. The second-order valence-corrected chi connectivity index (χ2v) is 6.15. The van der Waals surface area contributed by atoms with E-state index in [-0.39, 0.29) is 5.60 Å². The van der Waals surface area contributed by atoms with Gasteiger partial charge in [-0.1, -0.05) is 13.0 Å². The first-order chi connectivity index (χ1) is 10.3. The molecule has 3 rings (SSSR count). The van der Waals surface area contributed by atoms with Crippen molar-refractivity contribution in [3.8, 4) is 11.5 Å². The van der Waals surface area contributed by atoms with Gasteiger partial charge < -0.3 is 20.1 Å². The molecule has 1 fully saturated rings. The second kappa shape index (κ2) is 6.24. The first kappa shape index (κ1) is 14.7. The van der Waals surface area contributed by atoms with Gasteiger partial charge in [-0.3, -0.25) is 0 Å². The lowest BCUT2D eigenvalue weighted by atomic mass is 9.81. The van der Waals surface area contributed by atoms with Crippen molar-refractivity contribution in [1.82, 2.24) is 10.6 Å². The number of benzene rings is 1. The van der Waals surface area contributed by atoms with Gasteiger partial charge >= 0.3 is 0 Å². The molecule has 0 saturated carbocycles. The molecule has 1 atom stereocenters. The Morgan fingerprint density at radius 2 is 2.19 bits per heavy atom. The minimum absolute atomic E-state index is 0.0178. The molecular formula is C17H26N2O2. The predicted octanol–water partition coefficient (Wildman–Crippen LogP) is 2.64. The van der Waals surface area contributed by atoms with Gasteiger partial charge in [0.15, 0.2) is 0 Å². The van der Waals surface area contributed by atoms with Crippen LogP contribution in [0.2, 0.25) is 0 Å². The Morgan fingerprint density at radius 3 is 2.90 bits per heavy atom. The maximum absolute atomic E-state index is 6.45. The van der Waals surface area contributed by atoms with Crippen molar-refractivity contribution in [1.29, 1.82) is 0 Å². The third-order valence-corrected chi connectivity index (χ3v) is 4.65. The van der Waals surface area contributed by atoms with E-state index in [1.807, 2.05) is 12.1 Å². The Balaban J connectivity index is 1.90. The van der Waals surface area contributed by atoms with Gasteiger partial charge in [0.05, 0.1) is 7.11 Å². The zero-order chi connectivity index (χ0) is 14.7. The van der Waals surface area contributed by atoms with Crippen LogP contribution in [0.1, 0.15) is 44.2 Å². The number of rotatable bonds is 4. The molecule has 0 radical (unpaired) electrons. The number of fused-ring (bicyclic) bond motifs is 1. The maximum atomic E-state index is 6.45. The highest BCUT2D eigenvalue weighted by molar-refractivity contribution is 5.44. The van der Waals surface area contributed by atoms with Crippen molar-refractivity contribution >= 4 is 0 Å². The molecule has 2 N–H and O–H groups in total. The number of hydrogen-bond acceptors (Lipinski definition) is 4. The highest BCUT2D eigenvalue weighted by Gasteiger charge is 2.41. The summed E-state index contributed by atoms with van der Waals surface area (Å²) in [6.45, 7) is 5.34. The number of hydrogen-bond donors (Lipinski definition) is 2. The van der Waals surface area contributed by atoms with Gasteiger partial charge in [0.1, 0.15) is 17.1 Å². The van der Waals surface area contributed by atoms with Crippen LogP contribution in [0.25, 0.3) is 0 Å². The number of methoxy groups -OCH3 is 1. The standard InChI is InChI=1S/C17H26N2O2/c1-3-8-19-15-12-17(6-9-18-10-7-17)21-16-11-13(20-2)4-5-14(15)16/h4-5,11,15,18-19H,3,6-10,12H2,1-2H3. The lowest BCUT2D eigenvalue weighted by Crippen LogP contribution is -2.50. The molecule has 2 heterocycles. The van der Waals surface area contributed by atoms with E-state index in [1.54, 1.807) is 7.11 Å². The Labute approximate surface area is 127 Å². The molecule has 4 heteroatoms. The highest BCUT2D eigenvalue weighted by atomic mass is 16.5. The normalized spacial score (nSPS) is 23.4. The SMILES string of the molecule is CCCNC1CC2(CCNCC2)Oc2cc(OC)ccc21. The Hall–Kier alpha value is -1.26. The van der Waals surface area contributed by atoms with E-state index in [9.17, 15) is 0 Å². The molecule has 0 aliphatic carbocycles. The molecule has 1 aromatic rings. The summed E-state index contributed by atoms with van der Waals surface area (Å²) in [5.41, 5.74) is 1.25. The predicted molar refractivity (Wildman–Crippen MR) is 84.1 cm³/mol. The van der Waals surface area contributed by atoms with Crippen LogP contribution in [0, 0.1) is 0 Å². The molecule has 1 unspecified atom stereocenters. The van der Waals surface area contributed by atoms with Crippen molar-refractivity contribution < 1.29 is 9.47 Å². The molecule has 0 amide bonds.